The number of hydrogen-bond acceptors (Lipinski definition) is 1. The Morgan fingerprint density at radius 1 is 1.08 bits per heavy atom. The second-order valence-electron chi connectivity index (χ2n) is 3.36. The molecule has 1 unspecified atom stereocenters. The van der Waals surface area contributed by atoms with Crippen molar-refractivity contribution < 1.29 is 5.11 Å². The zero-order valence-electron chi connectivity index (χ0n) is 8.06. The van der Waals surface area contributed by atoms with Crippen molar-refractivity contribution in [3.63, 3.8) is 0 Å². The molecule has 0 radical (unpaired) electrons. The summed E-state index contributed by atoms with van der Waals surface area (Å²) in [5.74, 6) is 0. The number of aliphatic hydroxyl groups excluding tert-OH is 1. The Balaban J connectivity index is 2.90. The van der Waals surface area contributed by atoms with Crippen LogP contribution in [0.4, 0.5) is 0 Å². The van der Waals surface area contributed by atoms with Crippen molar-refractivity contribution in [3.8, 4) is 0 Å². The Morgan fingerprint density at radius 3 is 2.25 bits per heavy atom. The molecule has 0 aromatic heterocycles. The van der Waals surface area contributed by atoms with Crippen LogP contribution >= 0.6 is 22.6 Å². The van der Waals surface area contributed by atoms with E-state index in [9.17, 15) is 5.11 Å². The average molecular weight is 284 g/mol. The van der Waals surface area contributed by atoms with Crippen molar-refractivity contribution in [1.82, 2.24) is 0 Å². The van der Waals surface area contributed by atoms with Crippen LogP contribution in [0.5, 0.6) is 0 Å². The molecule has 12 heavy (non-hydrogen) atoms. The third kappa shape index (κ3) is 8.78. The average Bonchev–Trinajstić information content (AvgIpc) is 2.10. The third-order valence-electron chi connectivity index (χ3n) is 2.07. The fourth-order valence-corrected chi connectivity index (χ4v) is 1.68. The van der Waals surface area contributed by atoms with E-state index in [1.807, 2.05) is 0 Å². The van der Waals surface area contributed by atoms with Gasteiger partial charge in [-0.25, -0.2) is 0 Å². The highest BCUT2D eigenvalue weighted by molar-refractivity contribution is 14.1. The summed E-state index contributed by atoms with van der Waals surface area (Å²) in [6.45, 7) is 2.24. The number of halogens is 1. The molecule has 1 atom stereocenters. The highest BCUT2D eigenvalue weighted by atomic mass is 127. The molecule has 2 heteroatoms. The van der Waals surface area contributed by atoms with Gasteiger partial charge < -0.3 is 5.11 Å². The summed E-state index contributed by atoms with van der Waals surface area (Å²) in [6, 6.07) is 0. The zero-order chi connectivity index (χ0) is 9.23. The fraction of sp³-hybridized carbons (Fsp3) is 1.00. The van der Waals surface area contributed by atoms with Crippen molar-refractivity contribution in [2.75, 3.05) is 4.43 Å². The van der Waals surface area contributed by atoms with Crippen LogP contribution in [0, 0.1) is 0 Å². The highest BCUT2D eigenvalue weighted by Crippen LogP contribution is 2.09. The summed E-state index contributed by atoms with van der Waals surface area (Å²) in [5, 5.41) is 9.25. The Morgan fingerprint density at radius 2 is 1.67 bits per heavy atom. The Labute approximate surface area is 90.1 Å². The maximum Gasteiger partial charge on any atom is 0.0629 e. The van der Waals surface area contributed by atoms with Gasteiger partial charge in [-0.3, -0.25) is 0 Å². The molecule has 0 saturated heterocycles. The van der Waals surface area contributed by atoms with E-state index in [2.05, 4.69) is 29.5 Å². The normalized spacial score (nSPS) is 13.2. The van der Waals surface area contributed by atoms with E-state index in [1.165, 1.54) is 38.5 Å². The Bertz CT molecular complexity index is 85.9. The lowest BCUT2D eigenvalue weighted by Crippen LogP contribution is -2.06. The van der Waals surface area contributed by atoms with Crippen molar-refractivity contribution in [2.45, 2.75) is 58.0 Å². The number of unbranched alkanes of at least 4 members (excludes halogenated alkanes) is 5. The zero-order valence-corrected chi connectivity index (χ0v) is 10.2. The van der Waals surface area contributed by atoms with E-state index in [0.717, 1.165) is 10.8 Å². The van der Waals surface area contributed by atoms with E-state index >= 15 is 0 Å². The first-order chi connectivity index (χ1) is 5.81. The maximum absolute atomic E-state index is 9.25. The first-order valence-electron chi connectivity index (χ1n) is 5.05. The summed E-state index contributed by atoms with van der Waals surface area (Å²) >= 11 is 2.24. The number of alkyl halides is 1. The fourth-order valence-electron chi connectivity index (χ4n) is 1.24. The minimum absolute atomic E-state index is 0.0585. The quantitative estimate of drug-likeness (QED) is 0.410. The van der Waals surface area contributed by atoms with Gasteiger partial charge in [-0.1, -0.05) is 68.0 Å². The molecule has 74 valence electrons. The van der Waals surface area contributed by atoms with Gasteiger partial charge in [-0.05, 0) is 6.42 Å². The van der Waals surface area contributed by atoms with Gasteiger partial charge in [-0.2, -0.15) is 0 Å². The van der Waals surface area contributed by atoms with E-state index in [-0.39, 0.29) is 6.10 Å². The van der Waals surface area contributed by atoms with E-state index in [1.54, 1.807) is 0 Å². The molecule has 0 heterocycles. The Hall–Kier alpha value is 0.690. The second-order valence-corrected chi connectivity index (χ2v) is 4.25. The molecule has 0 aromatic rings. The minimum atomic E-state index is -0.0585. The highest BCUT2D eigenvalue weighted by Gasteiger charge is 1.99. The lowest BCUT2D eigenvalue weighted by atomic mass is 10.1. The van der Waals surface area contributed by atoms with Crippen LogP contribution < -0.4 is 0 Å². The van der Waals surface area contributed by atoms with Gasteiger partial charge in [0, 0.05) is 4.43 Å². The topological polar surface area (TPSA) is 20.2 Å². The lowest BCUT2D eigenvalue weighted by molar-refractivity contribution is 0.187. The molecule has 0 aliphatic carbocycles. The van der Waals surface area contributed by atoms with Crippen LogP contribution in [0.2, 0.25) is 0 Å². The van der Waals surface area contributed by atoms with E-state index in [0.29, 0.717) is 0 Å². The third-order valence-corrected chi connectivity index (χ3v) is 3.09. The summed E-state index contributed by atoms with van der Waals surface area (Å²) in [4.78, 5) is 0. The summed E-state index contributed by atoms with van der Waals surface area (Å²) in [5.41, 5.74) is 0. The first kappa shape index (κ1) is 12.7. The van der Waals surface area contributed by atoms with Crippen LogP contribution in [0.25, 0.3) is 0 Å². The summed E-state index contributed by atoms with van der Waals surface area (Å²) < 4.78 is 0.882. The lowest BCUT2D eigenvalue weighted by Gasteiger charge is -2.05. The Kier molecular flexibility index (Phi) is 10.3. The summed E-state index contributed by atoms with van der Waals surface area (Å²) in [7, 11) is 0. The largest absolute Gasteiger partial charge is 0.392 e. The van der Waals surface area contributed by atoms with Crippen molar-refractivity contribution in [1.29, 1.82) is 0 Å². The molecule has 0 fully saturated rings. The van der Waals surface area contributed by atoms with Crippen LogP contribution in [0.1, 0.15) is 51.9 Å². The second kappa shape index (κ2) is 9.78. The smallest absolute Gasteiger partial charge is 0.0629 e. The monoisotopic (exact) mass is 284 g/mol. The molecule has 0 aromatic carbocycles. The number of aliphatic hydroxyl groups is 1. The molecule has 1 N–H and O–H groups in total. The van der Waals surface area contributed by atoms with Gasteiger partial charge >= 0.3 is 0 Å². The minimum Gasteiger partial charge on any atom is -0.392 e. The predicted octanol–water partition coefficient (Wildman–Crippen LogP) is 3.53. The van der Waals surface area contributed by atoms with Crippen molar-refractivity contribution in [3.05, 3.63) is 0 Å². The van der Waals surface area contributed by atoms with E-state index < -0.39 is 0 Å². The molecule has 0 spiro atoms. The van der Waals surface area contributed by atoms with Gasteiger partial charge in [0.15, 0.2) is 0 Å². The van der Waals surface area contributed by atoms with Crippen LogP contribution in [0.15, 0.2) is 0 Å². The van der Waals surface area contributed by atoms with Gasteiger partial charge in [0.1, 0.15) is 0 Å². The van der Waals surface area contributed by atoms with E-state index in [4.69, 9.17) is 0 Å². The predicted molar refractivity (Wildman–Crippen MR) is 62.9 cm³/mol. The number of hydrogen-bond donors (Lipinski definition) is 1. The van der Waals surface area contributed by atoms with Crippen LogP contribution in [-0.2, 0) is 0 Å². The first-order valence-corrected chi connectivity index (χ1v) is 6.57. The molecule has 0 aliphatic heterocycles. The molecule has 1 nitrogen and oxygen atoms in total. The number of rotatable bonds is 8. The maximum atomic E-state index is 9.25. The molecule has 0 aliphatic rings. The van der Waals surface area contributed by atoms with Crippen molar-refractivity contribution >= 4 is 22.6 Å². The van der Waals surface area contributed by atoms with Gasteiger partial charge in [0.05, 0.1) is 6.10 Å². The summed E-state index contributed by atoms with van der Waals surface area (Å²) in [6.07, 6.45) is 8.84. The van der Waals surface area contributed by atoms with Crippen LogP contribution in [0.3, 0.4) is 0 Å². The van der Waals surface area contributed by atoms with Gasteiger partial charge in [0.25, 0.3) is 0 Å². The molecule has 0 rings (SSSR count). The van der Waals surface area contributed by atoms with Crippen molar-refractivity contribution in [2.24, 2.45) is 0 Å². The molecule has 0 amide bonds. The molecule has 0 saturated carbocycles. The molecular formula is C10H21IO. The van der Waals surface area contributed by atoms with Gasteiger partial charge in [-0.15, -0.1) is 0 Å². The molecule has 0 bridgehead atoms. The molecular weight excluding hydrogens is 263 g/mol. The van der Waals surface area contributed by atoms with Gasteiger partial charge in [0.2, 0.25) is 0 Å². The SMILES string of the molecule is CCCCCCCCC(O)CI. The standard InChI is InChI=1S/C10H21IO/c1-2-3-4-5-6-7-8-10(12)9-11/h10,12H,2-9H2,1H3. The van der Waals surface area contributed by atoms with Crippen LogP contribution in [-0.4, -0.2) is 15.6 Å².